The number of nitrogens with one attached hydrogen (secondary N) is 1. The van der Waals surface area contributed by atoms with Gasteiger partial charge >= 0.3 is 0 Å². The second-order valence-corrected chi connectivity index (χ2v) is 9.92. The maximum absolute atomic E-state index is 12.9. The van der Waals surface area contributed by atoms with Gasteiger partial charge in [-0.05, 0) is 62.6 Å². The molecule has 0 unspecified atom stereocenters. The number of rotatable bonds is 5. The van der Waals surface area contributed by atoms with Crippen LogP contribution in [-0.2, 0) is 14.8 Å². The van der Waals surface area contributed by atoms with Gasteiger partial charge in [0.25, 0.3) is 10.0 Å². The quantitative estimate of drug-likeness (QED) is 0.785. The van der Waals surface area contributed by atoms with Crippen LogP contribution in [0.25, 0.3) is 0 Å². The summed E-state index contributed by atoms with van der Waals surface area (Å²) < 4.78 is 34.1. The zero-order valence-electron chi connectivity index (χ0n) is 17.5. The largest absolute Gasteiger partial charge is 0.490 e. The highest BCUT2D eigenvalue weighted by Gasteiger charge is 2.37. The van der Waals surface area contributed by atoms with E-state index in [1.165, 1.54) is 0 Å². The monoisotopic (exact) mass is 416 g/mol. The van der Waals surface area contributed by atoms with Gasteiger partial charge in [-0.15, -0.1) is 0 Å². The van der Waals surface area contributed by atoms with E-state index < -0.39 is 15.4 Å². The standard InChI is InChI=1S/C22H28N2O4S/c1-6-24-19-13-17(9-12-20(19)28-14-22(4,5)21(24)25)23-29(26,27)18-10-7-16(8-11-18)15(2)3/h7-13,15,23H,6,14H2,1-5H3. The molecule has 0 aliphatic carbocycles. The second-order valence-electron chi connectivity index (χ2n) is 8.23. The molecule has 0 saturated heterocycles. The van der Waals surface area contributed by atoms with Crippen molar-refractivity contribution in [2.75, 3.05) is 22.8 Å². The van der Waals surface area contributed by atoms with Crippen LogP contribution in [0, 0.1) is 5.41 Å². The van der Waals surface area contributed by atoms with Crippen LogP contribution in [0.1, 0.15) is 46.1 Å². The number of hydrogen-bond acceptors (Lipinski definition) is 4. The van der Waals surface area contributed by atoms with Crippen molar-refractivity contribution >= 4 is 27.3 Å². The van der Waals surface area contributed by atoms with Gasteiger partial charge in [0.15, 0.2) is 0 Å². The van der Waals surface area contributed by atoms with Crippen molar-refractivity contribution in [3.8, 4) is 5.75 Å². The van der Waals surface area contributed by atoms with Crippen LogP contribution in [0.5, 0.6) is 5.75 Å². The van der Waals surface area contributed by atoms with E-state index in [0.717, 1.165) is 5.56 Å². The van der Waals surface area contributed by atoms with E-state index in [0.29, 0.717) is 29.6 Å². The van der Waals surface area contributed by atoms with Gasteiger partial charge in [-0.25, -0.2) is 8.42 Å². The Morgan fingerprint density at radius 1 is 1.14 bits per heavy atom. The van der Waals surface area contributed by atoms with E-state index in [1.807, 2.05) is 32.9 Å². The highest BCUT2D eigenvalue weighted by Crippen LogP contribution is 2.38. The summed E-state index contributed by atoms with van der Waals surface area (Å²) in [4.78, 5) is 14.7. The molecule has 0 bridgehead atoms. The number of amides is 1. The molecule has 29 heavy (non-hydrogen) atoms. The molecule has 0 radical (unpaired) electrons. The van der Waals surface area contributed by atoms with Gasteiger partial charge in [0.1, 0.15) is 12.4 Å². The average Bonchev–Trinajstić information content (AvgIpc) is 2.76. The number of nitrogens with zero attached hydrogens (tertiary/aromatic N) is 1. The molecule has 1 aliphatic heterocycles. The third kappa shape index (κ3) is 4.24. The second kappa shape index (κ2) is 7.71. The lowest BCUT2D eigenvalue weighted by Crippen LogP contribution is -2.42. The third-order valence-corrected chi connectivity index (χ3v) is 6.49. The van der Waals surface area contributed by atoms with Crippen LogP contribution in [-0.4, -0.2) is 27.5 Å². The van der Waals surface area contributed by atoms with Crippen molar-refractivity contribution in [1.29, 1.82) is 0 Å². The number of fused-ring (bicyclic) bond motifs is 1. The first-order valence-corrected chi connectivity index (χ1v) is 11.2. The normalized spacial score (nSPS) is 16.2. The lowest BCUT2D eigenvalue weighted by atomic mass is 9.93. The molecule has 1 heterocycles. The van der Waals surface area contributed by atoms with Crippen molar-refractivity contribution in [3.63, 3.8) is 0 Å². The van der Waals surface area contributed by atoms with Gasteiger partial charge in [-0.1, -0.05) is 26.0 Å². The predicted molar refractivity (Wildman–Crippen MR) is 115 cm³/mol. The Kier molecular flexibility index (Phi) is 5.63. The number of sulfonamides is 1. The Labute approximate surface area is 172 Å². The molecule has 2 aromatic rings. The molecular weight excluding hydrogens is 388 g/mol. The number of carbonyl (C=O) groups is 1. The molecule has 3 rings (SSSR count). The van der Waals surface area contributed by atoms with E-state index in [-0.39, 0.29) is 17.4 Å². The minimum Gasteiger partial charge on any atom is -0.490 e. The Morgan fingerprint density at radius 2 is 1.79 bits per heavy atom. The minimum absolute atomic E-state index is 0.0527. The topological polar surface area (TPSA) is 75.7 Å². The minimum atomic E-state index is -3.75. The number of anilines is 2. The maximum Gasteiger partial charge on any atom is 0.261 e. The Morgan fingerprint density at radius 3 is 2.38 bits per heavy atom. The highest BCUT2D eigenvalue weighted by molar-refractivity contribution is 7.92. The van der Waals surface area contributed by atoms with E-state index in [1.54, 1.807) is 35.2 Å². The fraction of sp³-hybridized carbons (Fsp3) is 0.409. The summed E-state index contributed by atoms with van der Waals surface area (Å²) in [5.74, 6) is 0.837. The summed E-state index contributed by atoms with van der Waals surface area (Å²) in [5.41, 5.74) is 1.36. The zero-order chi connectivity index (χ0) is 21.4. The summed E-state index contributed by atoms with van der Waals surface area (Å²) in [5, 5.41) is 0. The Balaban J connectivity index is 1.92. The molecule has 0 spiro atoms. The smallest absolute Gasteiger partial charge is 0.261 e. The van der Waals surface area contributed by atoms with Crippen LogP contribution in [0.4, 0.5) is 11.4 Å². The fourth-order valence-electron chi connectivity index (χ4n) is 3.27. The average molecular weight is 417 g/mol. The van der Waals surface area contributed by atoms with Crippen molar-refractivity contribution < 1.29 is 17.9 Å². The lowest BCUT2D eigenvalue weighted by Gasteiger charge is -2.27. The van der Waals surface area contributed by atoms with Crippen LogP contribution < -0.4 is 14.4 Å². The number of carbonyl (C=O) groups excluding carboxylic acids is 1. The van der Waals surface area contributed by atoms with Gasteiger partial charge in [0, 0.05) is 6.54 Å². The van der Waals surface area contributed by atoms with Crippen LogP contribution in [0.15, 0.2) is 47.4 Å². The Hall–Kier alpha value is -2.54. The van der Waals surface area contributed by atoms with E-state index in [4.69, 9.17) is 4.74 Å². The fourth-order valence-corrected chi connectivity index (χ4v) is 4.32. The SMILES string of the molecule is CCN1C(=O)C(C)(C)COc2ccc(NS(=O)(=O)c3ccc(C(C)C)cc3)cc21. The van der Waals surface area contributed by atoms with Gasteiger partial charge in [0.2, 0.25) is 5.91 Å². The summed E-state index contributed by atoms with van der Waals surface area (Å²) in [6, 6.07) is 11.9. The predicted octanol–water partition coefficient (Wildman–Crippen LogP) is 4.38. The molecule has 0 fully saturated rings. The van der Waals surface area contributed by atoms with E-state index >= 15 is 0 Å². The molecule has 156 valence electrons. The molecule has 1 N–H and O–H groups in total. The van der Waals surface area contributed by atoms with Crippen molar-refractivity contribution in [2.45, 2.75) is 45.4 Å². The molecule has 2 aromatic carbocycles. The molecule has 1 amide bonds. The lowest BCUT2D eigenvalue weighted by molar-refractivity contribution is -0.127. The molecule has 0 saturated carbocycles. The summed E-state index contributed by atoms with van der Waals surface area (Å²) >= 11 is 0. The van der Waals surface area contributed by atoms with Gasteiger partial charge in [0.05, 0.1) is 21.7 Å². The molecule has 7 heteroatoms. The van der Waals surface area contributed by atoms with Gasteiger partial charge < -0.3 is 9.64 Å². The first-order chi connectivity index (χ1) is 13.5. The summed E-state index contributed by atoms with van der Waals surface area (Å²) in [6.45, 7) is 10.4. The zero-order valence-corrected chi connectivity index (χ0v) is 18.3. The maximum atomic E-state index is 12.9. The van der Waals surface area contributed by atoms with Crippen LogP contribution >= 0.6 is 0 Å². The first-order valence-electron chi connectivity index (χ1n) is 9.77. The van der Waals surface area contributed by atoms with E-state index in [2.05, 4.69) is 18.6 Å². The van der Waals surface area contributed by atoms with Gasteiger partial charge in [-0.2, -0.15) is 0 Å². The molecule has 0 atom stereocenters. The first kappa shape index (κ1) is 21.2. The summed E-state index contributed by atoms with van der Waals surface area (Å²) in [7, 11) is -3.75. The van der Waals surface area contributed by atoms with Crippen LogP contribution in [0.2, 0.25) is 0 Å². The molecular formula is C22H28N2O4S. The third-order valence-electron chi connectivity index (χ3n) is 5.09. The van der Waals surface area contributed by atoms with Crippen molar-refractivity contribution in [3.05, 3.63) is 48.0 Å². The number of hydrogen-bond donors (Lipinski definition) is 1. The molecule has 6 nitrogen and oxygen atoms in total. The number of ether oxygens (including phenoxy) is 1. The van der Waals surface area contributed by atoms with Crippen molar-refractivity contribution in [2.24, 2.45) is 5.41 Å². The van der Waals surface area contributed by atoms with Crippen LogP contribution in [0.3, 0.4) is 0 Å². The Bertz CT molecular complexity index is 1010. The molecule has 1 aliphatic rings. The molecule has 0 aromatic heterocycles. The van der Waals surface area contributed by atoms with E-state index in [9.17, 15) is 13.2 Å². The van der Waals surface area contributed by atoms with Crippen molar-refractivity contribution in [1.82, 2.24) is 0 Å². The summed E-state index contributed by atoms with van der Waals surface area (Å²) in [6.07, 6.45) is 0. The number of benzene rings is 2. The highest BCUT2D eigenvalue weighted by atomic mass is 32.2. The van der Waals surface area contributed by atoms with Gasteiger partial charge in [-0.3, -0.25) is 9.52 Å².